The van der Waals surface area contributed by atoms with Crippen molar-refractivity contribution in [3.05, 3.63) is 47.5 Å². The van der Waals surface area contributed by atoms with E-state index in [1.165, 1.54) is 16.4 Å². The minimum absolute atomic E-state index is 0.124. The summed E-state index contributed by atoms with van der Waals surface area (Å²) in [6.07, 6.45) is 2.73. The lowest BCUT2D eigenvalue weighted by Gasteiger charge is -2.26. The SMILES string of the molecule is CCOc1ccc(S(=O)(=O)N2CCCCC2)cc1NC(=O)COc1cccc(Cl)c1. The van der Waals surface area contributed by atoms with Crippen LogP contribution in [0.4, 0.5) is 5.69 Å². The summed E-state index contributed by atoms with van der Waals surface area (Å²) in [4.78, 5) is 12.5. The van der Waals surface area contributed by atoms with Gasteiger partial charge in [0.05, 0.1) is 17.2 Å². The highest BCUT2D eigenvalue weighted by Gasteiger charge is 2.27. The summed E-state index contributed by atoms with van der Waals surface area (Å²) in [7, 11) is -3.63. The summed E-state index contributed by atoms with van der Waals surface area (Å²) in [6, 6.07) is 11.2. The van der Waals surface area contributed by atoms with Crippen LogP contribution < -0.4 is 14.8 Å². The van der Waals surface area contributed by atoms with Crippen LogP contribution in [0.1, 0.15) is 26.2 Å². The van der Waals surface area contributed by atoms with E-state index in [2.05, 4.69) is 5.32 Å². The van der Waals surface area contributed by atoms with Gasteiger partial charge in [-0.25, -0.2) is 8.42 Å². The molecule has 0 saturated carbocycles. The van der Waals surface area contributed by atoms with Crippen LogP contribution >= 0.6 is 11.6 Å². The molecular weight excluding hydrogens is 428 g/mol. The van der Waals surface area contributed by atoms with Gasteiger partial charge in [-0.05, 0) is 56.2 Å². The Morgan fingerprint density at radius 3 is 2.57 bits per heavy atom. The summed E-state index contributed by atoms with van der Waals surface area (Å²) in [5.74, 6) is 0.416. The van der Waals surface area contributed by atoms with Gasteiger partial charge in [0.15, 0.2) is 6.61 Å². The molecule has 0 aromatic heterocycles. The third-order valence-corrected chi connectivity index (χ3v) is 6.77. The maximum absolute atomic E-state index is 13.0. The van der Waals surface area contributed by atoms with Crippen molar-refractivity contribution in [3.8, 4) is 11.5 Å². The molecule has 162 valence electrons. The van der Waals surface area contributed by atoms with Gasteiger partial charge in [0.25, 0.3) is 5.91 Å². The molecule has 1 aliphatic rings. The van der Waals surface area contributed by atoms with E-state index in [1.54, 1.807) is 30.3 Å². The zero-order chi connectivity index (χ0) is 21.6. The Morgan fingerprint density at radius 2 is 1.87 bits per heavy atom. The molecule has 30 heavy (non-hydrogen) atoms. The second-order valence-electron chi connectivity index (χ2n) is 6.85. The zero-order valence-electron chi connectivity index (χ0n) is 16.8. The standard InChI is InChI=1S/C21H25ClN2O5S/c1-2-28-20-10-9-18(30(26,27)24-11-4-3-5-12-24)14-19(20)23-21(25)15-29-17-8-6-7-16(22)13-17/h6-10,13-14H,2-5,11-12,15H2,1H3,(H,23,25). The quantitative estimate of drug-likeness (QED) is 0.655. The van der Waals surface area contributed by atoms with Crippen LogP contribution in [0.5, 0.6) is 11.5 Å². The molecule has 1 N–H and O–H groups in total. The Balaban J connectivity index is 1.76. The first kappa shape index (κ1) is 22.4. The summed E-state index contributed by atoms with van der Waals surface area (Å²) >= 11 is 5.91. The van der Waals surface area contributed by atoms with Gasteiger partial charge >= 0.3 is 0 Å². The Labute approximate surface area is 182 Å². The second kappa shape index (κ2) is 10.1. The minimum atomic E-state index is -3.63. The van der Waals surface area contributed by atoms with Crippen LogP contribution in [0.3, 0.4) is 0 Å². The zero-order valence-corrected chi connectivity index (χ0v) is 18.3. The average Bonchev–Trinajstić information content (AvgIpc) is 2.74. The highest BCUT2D eigenvalue weighted by atomic mass is 35.5. The van der Waals surface area contributed by atoms with Gasteiger partial charge in [-0.2, -0.15) is 4.31 Å². The smallest absolute Gasteiger partial charge is 0.262 e. The van der Waals surface area contributed by atoms with Crippen LogP contribution in [0, 0.1) is 0 Å². The average molecular weight is 453 g/mol. The fourth-order valence-electron chi connectivity index (χ4n) is 3.19. The number of hydrogen-bond donors (Lipinski definition) is 1. The van der Waals surface area contributed by atoms with Gasteiger partial charge < -0.3 is 14.8 Å². The van der Waals surface area contributed by atoms with E-state index in [-0.39, 0.29) is 17.2 Å². The van der Waals surface area contributed by atoms with E-state index in [1.807, 2.05) is 6.92 Å². The number of rotatable bonds is 8. The molecule has 1 aliphatic heterocycles. The van der Waals surface area contributed by atoms with E-state index in [4.69, 9.17) is 21.1 Å². The van der Waals surface area contributed by atoms with Crippen molar-refractivity contribution in [2.75, 3.05) is 31.6 Å². The van der Waals surface area contributed by atoms with Crippen molar-refractivity contribution in [2.24, 2.45) is 0 Å². The van der Waals surface area contributed by atoms with Gasteiger partial charge in [0, 0.05) is 18.1 Å². The molecule has 7 nitrogen and oxygen atoms in total. The molecule has 9 heteroatoms. The number of carbonyl (C=O) groups excluding carboxylic acids is 1. The first-order valence-corrected chi connectivity index (χ1v) is 11.7. The van der Waals surface area contributed by atoms with Crippen molar-refractivity contribution < 1.29 is 22.7 Å². The van der Waals surface area contributed by atoms with E-state index in [9.17, 15) is 13.2 Å². The van der Waals surface area contributed by atoms with Crippen LogP contribution in [-0.4, -0.2) is 44.9 Å². The number of ether oxygens (including phenoxy) is 2. The van der Waals surface area contributed by atoms with Crippen molar-refractivity contribution in [3.63, 3.8) is 0 Å². The maximum atomic E-state index is 13.0. The number of halogens is 1. The third kappa shape index (κ3) is 5.65. The van der Waals surface area contributed by atoms with Gasteiger partial charge in [-0.15, -0.1) is 0 Å². The Kier molecular flexibility index (Phi) is 7.58. The molecule has 1 amide bonds. The van der Waals surface area contributed by atoms with Gasteiger partial charge in [-0.3, -0.25) is 4.79 Å². The summed E-state index contributed by atoms with van der Waals surface area (Å²) in [6.45, 7) is 2.94. The molecule has 1 heterocycles. The van der Waals surface area contributed by atoms with Gasteiger partial charge in [0.1, 0.15) is 11.5 Å². The van der Waals surface area contributed by atoms with Crippen LogP contribution in [-0.2, 0) is 14.8 Å². The number of benzene rings is 2. The first-order valence-electron chi connectivity index (χ1n) is 9.85. The number of nitrogens with zero attached hydrogens (tertiary/aromatic N) is 1. The molecule has 0 aliphatic carbocycles. The fraction of sp³-hybridized carbons (Fsp3) is 0.381. The Bertz CT molecular complexity index is 991. The predicted octanol–water partition coefficient (Wildman–Crippen LogP) is 3.93. The number of piperidine rings is 1. The van der Waals surface area contributed by atoms with E-state index >= 15 is 0 Å². The second-order valence-corrected chi connectivity index (χ2v) is 9.22. The van der Waals surface area contributed by atoms with Crippen molar-refractivity contribution in [2.45, 2.75) is 31.1 Å². The summed E-state index contributed by atoms with van der Waals surface area (Å²) in [5, 5.41) is 3.19. The maximum Gasteiger partial charge on any atom is 0.262 e. The molecule has 1 fully saturated rings. The lowest BCUT2D eigenvalue weighted by Crippen LogP contribution is -2.35. The molecule has 1 saturated heterocycles. The topological polar surface area (TPSA) is 84.9 Å². The molecule has 3 rings (SSSR count). The number of carbonyl (C=O) groups is 1. The highest BCUT2D eigenvalue weighted by molar-refractivity contribution is 7.89. The van der Waals surface area contributed by atoms with E-state index < -0.39 is 15.9 Å². The lowest BCUT2D eigenvalue weighted by atomic mass is 10.2. The molecule has 0 atom stereocenters. The normalized spacial score (nSPS) is 14.9. The summed E-state index contributed by atoms with van der Waals surface area (Å²) in [5.41, 5.74) is 0.287. The number of amides is 1. The minimum Gasteiger partial charge on any atom is -0.492 e. The van der Waals surface area contributed by atoms with E-state index in [0.717, 1.165) is 19.3 Å². The number of nitrogens with one attached hydrogen (secondary N) is 1. The van der Waals surface area contributed by atoms with Gasteiger partial charge in [-0.1, -0.05) is 24.1 Å². The number of anilines is 1. The van der Waals surface area contributed by atoms with E-state index in [0.29, 0.717) is 36.2 Å². The largest absolute Gasteiger partial charge is 0.492 e. The highest BCUT2D eigenvalue weighted by Crippen LogP contribution is 2.30. The van der Waals surface area contributed by atoms with Crippen LogP contribution in [0.25, 0.3) is 0 Å². The molecular formula is C21H25ClN2O5S. The molecule has 0 spiro atoms. The molecule has 0 bridgehead atoms. The molecule has 2 aromatic rings. The first-order chi connectivity index (χ1) is 14.4. The van der Waals surface area contributed by atoms with Crippen molar-refractivity contribution in [1.29, 1.82) is 0 Å². The van der Waals surface area contributed by atoms with Gasteiger partial charge in [0.2, 0.25) is 10.0 Å². The van der Waals surface area contributed by atoms with Crippen LogP contribution in [0.15, 0.2) is 47.4 Å². The fourth-order valence-corrected chi connectivity index (χ4v) is 4.92. The molecule has 0 radical (unpaired) electrons. The third-order valence-electron chi connectivity index (χ3n) is 4.64. The Hall–Kier alpha value is -2.29. The molecule has 2 aromatic carbocycles. The monoisotopic (exact) mass is 452 g/mol. The lowest BCUT2D eigenvalue weighted by molar-refractivity contribution is -0.118. The number of sulfonamides is 1. The predicted molar refractivity (Wildman–Crippen MR) is 116 cm³/mol. The summed E-state index contributed by atoms with van der Waals surface area (Å²) < 4.78 is 38.4. The number of hydrogen-bond acceptors (Lipinski definition) is 5. The van der Waals surface area contributed by atoms with Crippen molar-refractivity contribution >= 4 is 33.2 Å². The van der Waals surface area contributed by atoms with Crippen molar-refractivity contribution in [1.82, 2.24) is 4.31 Å². The molecule has 0 unspecified atom stereocenters. The Morgan fingerprint density at radius 1 is 1.10 bits per heavy atom. The van der Waals surface area contributed by atoms with Crippen LogP contribution in [0.2, 0.25) is 5.02 Å².